The van der Waals surface area contributed by atoms with Gasteiger partial charge in [-0.05, 0) is 98.5 Å². The molecule has 5 rings (SSSR count). The summed E-state index contributed by atoms with van der Waals surface area (Å²) in [5.41, 5.74) is 12.1. The number of anilines is 2. The molecule has 238 valence electrons. The fraction of sp³-hybridized carbons (Fsp3) is 0.300. The van der Waals surface area contributed by atoms with E-state index in [-0.39, 0.29) is 0 Å². The first-order valence-electron chi connectivity index (χ1n) is 16.2. The van der Waals surface area contributed by atoms with E-state index in [1.807, 2.05) is 0 Å². The van der Waals surface area contributed by atoms with Crippen LogP contribution in [0, 0.1) is 13.8 Å². The van der Waals surface area contributed by atoms with E-state index in [0.717, 1.165) is 37.6 Å². The Morgan fingerprint density at radius 1 is 0.565 bits per heavy atom. The quantitative estimate of drug-likeness (QED) is 0.0760. The van der Waals surface area contributed by atoms with Crippen molar-refractivity contribution >= 4 is 80.7 Å². The van der Waals surface area contributed by atoms with Gasteiger partial charge in [0.25, 0.3) is 0 Å². The number of benzene rings is 3. The van der Waals surface area contributed by atoms with E-state index in [1.54, 1.807) is 0 Å². The van der Waals surface area contributed by atoms with Crippen molar-refractivity contribution in [3.63, 3.8) is 0 Å². The minimum Gasteiger partial charge on any atom is -0.371 e. The molecule has 0 bridgehead atoms. The number of aryl methyl sites for hydroxylation is 4. The Morgan fingerprint density at radius 3 is 1.33 bits per heavy atom. The Morgan fingerprint density at radius 2 is 0.978 bits per heavy atom. The van der Waals surface area contributed by atoms with Crippen LogP contribution in [0.2, 0.25) is 0 Å². The molecule has 4 nitrogen and oxygen atoms in total. The van der Waals surface area contributed by atoms with Crippen molar-refractivity contribution in [3.05, 3.63) is 106 Å². The third-order valence-electron chi connectivity index (χ3n) is 9.16. The lowest BCUT2D eigenvalue weighted by Gasteiger charge is -2.22. The second kappa shape index (κ2) is 15.2. The highest BCUT2D eigenvalue weighted by Gasteiger charge is 2.18. The average molecular weight is 654 g/mol. The fourth-order valence-corrected chi connectivity index (χ4v) is 6.71. The first kappa shape index (κ1) is 33.5. The molecule has 0 fully saturated rings. The van der Waals surface area contributed by atoms with Crippen LogP contribution in [0.5, 0.6) is 0 Å². The van der Waals surface area contributed by atoms with E-state index in [2.05, 4.69) is 158 Å². The Bertz CT molecular complexity index is 1770. The zero-order valence-electron chi connectivity index (χ0n) is 28.0. The molecule has 0 N–H and O–H groups in total. The largest absolute Gasteiger partial charge is 0.371 e. The van der Waals surface area contributed by atoms with E-state index < -0.39 is 0 Å². The lowest BCUT2D eigenvalue weighted by molar-refractivity contribution is -0.648. The second-order valence-corrected chi connectivity index (χ2v) is 12.6. The molecule has 0 aliphatic rings. The standard InChI is InChI=1S/C40H46Cl2N4/c1-7-45(25-23-41)35-15-11-31(29(3)27-35)9-13-33-17-19-37-38-20-18-34(44(6)40(38)22-21-39(37)43(33)5)14-10-32-12-16-36(28-30(32)4)46(8-2)26-24-42/h9-22,27-28H,7-8,23-26H2,1-6H3/q+2. The molecule has 0 aliphatic heterocycles. The van der Waals surface area contributed by atoms with Gasteiger partial charge >= 0.3 is 0 Å². The van der Waals surface area contributed by atoms with E-state index in [9.17, 15) is 0 Å². The van der Waals surface area contributed by atoms with Crippen LogP contribution in [-0.2, 0) is 14.1 Å². The van der Waals surface area contributed by atoms with Crippen molar-refractivity contribution in [2.75, 3.05) is 47.7 Å². The summed E-state index contributed by atoms with van der Waals surface area (Å²) in [6.07, 6.45) is 8.85. The van der Waals surface area contributed by atoms with Crippen molar-refractivity contribution in [2.24, 2.45) is 14.1 Å². The molecule has 6 heteroatoms. The fourth-order valence-electron chi connectivity index (χ4n) is 6.30. The third-order valence-corrected chi connectivity index (χ3v) is 9.49. The van der Waals surface area contributed by atoms with Gasteiger partial charge in [0, 0.05) is 85.7 Å². The van der Waals surface area contributed by atoms with E-state index in [0.29, 0.717) is 11.8 Å². The predicted molar refractivity (Wildman–Crippen MR) is 201 cm³/mol. The maximum absolute atomic E-state index is 6.01. The molecule has 0 spiro atoms. The highest BCUT2D eigenvalue weighted by Crippen LogP contribution is 2.25. The Hall–Kier alpha value is -3.86. The molecule has 0 radical (unpaired) electrons. The zero-order chi connectivity index (χ0) is 32.8. The van der Waals surface area contributed by atoms with Gasteiger partial charge < -0.3 is 9.80 Å². The van der Waals surface area contributed by atoms with Crippen LogP contribution in [0.15, 0.2) is 72.8 Å². The first-order valence-corrected chi connectivity index (χ1v) is 17.3. The Labute approximate surface area is 284 Å². The van der Waals surface area contributed by atoms with Crippen LogP contribution in [0.4, 0.5) is 11.4 Å². The van der Waals surface area contributed by atoms with Crippen molar-refractivity contribution < 1.29 is 9.13 Å². The van der Waals surface area contributed by atoms with E-state index in [1.165, 1.54) is 55.4 Å². The molecule has 0 saturated carbocycles. The molecular weight excluding hydrogens is 607 g/mol. The molecule has 3 aromatic carbocycles. The molecule has 0 amide bonds. The minimum absolute atomic E-state index is 0.627. The SMILES string of the molecule is CCN(CCCl)c1ccc(C=Cc2ccc3c4ccc(C=Cc5ccc(N(CC)CCCl)cc5C)[n+](C)c4ccc3[n+]2C)c(C)c1. The summed E-state index contributed by atoms with van der Waals surface area (Å²) < 4.78 is 4.56. The number of aromatic nitrogens is 2. The number of rotatable bonds is 12. The summed E-state index contributed by atoms with van der Waals surface area (Å²) in [7, 11) is 4.30. The number of alkyl halides is 2. The molecule has 2 heterocycles. The number of hydrogen-bond acceptors (Lipinski definition) is 2. The molecular formula is C40H46Cl2N4+2. The molecule has 0 atom stereocenters. The number of halogens is 2. The molecule has 0 saturated heterocycles. The minimum atomic E-state index is 0.627. The van der Waals surface area contributed by atoms with Gasteiger partial charge in [-0.15, -0.1) is 23.2 Å². The van der Waals surface area contributed by atoms with Gasteiger partial charge in [0.05, 0.1) is 10.8 Å². The first-order chi connectivity index (χ1) is 22.3. The van der Waals surface area contributed by atoms with Crippen LogP contribution in [0.3, 0.4) is 0 Å². The van der Waals surface area contributed by atoms with Crippen molar-refractivity contribution in [1.29, 1.82) is 0 Å². The van der Waals surface area contributed by atoms with Gasteiger partial charge in [0.2, 0.25) is 22.4 Å². The van der Waals surface area contributed by atoms with Crippen LogP contribution in [0.25, 0.3) is 46.1 Å². The van der Waals surface area contributed by atoms with Gasteiger partial charge in [-0.25, -0.2) is 0 Å². The molecule has 0 unspecified atom stereocenters. The lowest BCUT2D eigenvalue weighted by Crippen LogP contribution is -2.34. The summed E-state index contributed by atoms with van der Waals surface area (Å²) in [5, 5.41) is 2.48. The zero-order valence-corrected chi connectivity index (χ0v) is 29.5. The summed E-state index contributed by atoms with van der Waals surface area (Å²) in [5.74, 6) is 1.25. The van der Waals surface area contributed by atoms with Crippen LogP contribution >= 0.6 is 23.2 Å². The van der Waals surface area contributed by atoms with Gasteiger partial charge in [0.15, 0.2) is 0 Å². The number of fused-ring (bicyclic) bond motifs is 3. The second-order valence-electron chi connectivity index (χ2n) is 11.9. The van der Waals surface area contributed by atoms with Crippen LogP contribution in [0.1, 0.15) is 47.5 Å². The number of nitrogens with zero attached hydrogens (tertiary/aromatic N) is 4. The lowest BCUT2D eigenvalue weighted by atomic mass is 10.0. The Balaban J connectivity index is 1.40. The smallest absolute Gasteiger partial charge is 0.213 e. The number of pyridine rings is 2. The summed E-state index contributed by atoms with van der Waals surface area (Å²) in [6, 6.07) is 26.7. The van der Waals surface area contributed by atoms with Gasteiger partial charge in [0.1, 0.15) is 14.1 Å². The van der Waals surface area contributed by atoms with E-state index in [4.69, 9.17) is 23.2 Å². The third kappa shape index (κ3) is 7.09. The highest BCUT2D eigenvalue weighted by atomic mass is 35.5. The van der Waals surface area contributed by atoms with Gasteiger partial charge in [-0.2, -0.15) is 9.13 Å². The molecule has 2 aromatic heterocycles. The van der Waals surface area contributed by atoms with E-state index >= 15 is 0 Å². The van der Waals surface area contributed by atoms with Crippen LogP contribution < -0.4 is 18.9 Å². The maximum atomic E-state index is 6.01. The monoisotopic (exact) mass is 652 g/mol. The van der Waals surface area contributed by atoms with Gasteiger partial charge in [-0.1, -0.05) is 12.1 Å². The van der Waals surface area contributed by atoms with Crippen molar-refractivity contribution in [3.8, 4) is 0 Å². The molecule has 0 aliphatic carbocycles. The average Bonchev–Trinajstić information content (AvgIpc) is 3.06. The Kier molecular flexibility index (Phi) is 11.0. The highest BCUT2D eigenvalue weighted by molar-refractivity contribution is 6.18. The molecule has 46 heavy (non-hydrogen) atoms. The van der Waals surface area contributed by atoms with Crippen LogP contribution in [-0.4, -0.2) is 37.9 Å². The van der Waals surface area contributed by atoms with Crippen molar-refractivity contribution in [1.82, 2.24) is 0 Å². The normalized spacial score (nSPS) is 11.8. The van der Waals surface area contributed by atoms with Gasteiger partial charge in [-0.3, -0.25) is 0 Å². The summed E-state index contributed by atoms with van der Waals surface area (Å²) in [6.45, 7) is 12.3. The predicted octanol–water partition coefficient (Wildman–Crippen LogP) is 8.73. The topological polar surface area (TPSA) is 14.2 Å². The van der Waals surface area contributed by atoms with Crippen molar-refractivity contribution in [2.45, 2.75) is 27.7 Å². The summed E-state index contributed by atoms with van der Waals surface area (Å²) in [4.78, 5) is 4.62. The maximum Gasteiger partial charge on any atom is 0.213 e. The summed E-state index contributed by atoms with van der Waals surface area (Å²) >= 11 is 12.0. The molecule has 5 aromatic rings. The number of hydrogen-bond donors (Lipinski definition) is 0.